The van der Waals surface area contributed by atoms with Crippen LogP contribution in [0.15, 0.2) is 54.6 Å². The SMILES string of the molecule is Cc1cc(C(=O)OCc2cccc(F)c2)c2ccccc2n1. The molecular formula is C18H14FNO2. The van der Waals surface area contributed by atoms with Crippen molar-refractivity contribution in [2.24, 2.45) is 0 Å². The Hall–Kier alpha value is -2.75. The lowest BCUT2D eigenvalue weighted by Gasteiger charge is -2.08. The van der Waals surface area contributed by atoms with Gasteiger partial charge in [0.05, 0.1) is 11.1 Å². The van der Waals surface area contributed by atoms with Crippen LogP contribution in [0.1, 0.15) is 21.6 Å². The van der Waals surface area contributed by atoms with Gasteiger partial charge in [-0.1, -0.05) is 30.3 Å². The van der Waals surface area contributed by atoms with Gasteiger partial charge < -0.3 is 4.74 Å². The van der Waals surface area contributed by atoms with Gasteiger partial charge in [-0.25, -0.2) is 9.18 Å². The molecule has 0 saturated carbocycles. The van der Waals surface area contributed by atoms with E-state index in [1.165, 1.54) is 12.1 Å². The molecule has 0 fully saturated rings. The molecule has 1 aromatic heterocycles. The number of para-hydroxylation sites is 1. The monoisotopic (exact) mass is 295 g/mol. The Kier molecular flexibility index (Phi) is 3.83. The Morgan fingerprint density at radius 2 is 1.95 bits per heavy atom. The molecule has 1 heterocycles. The molecule has 3 nitrogen and oxygen atoms in total. The van der Waals surface area contributed by atoms with Crippen molar-refractivity contribution in [3.05, 3.63) is 77.2 Å². The Labute approximate surface area is 127 Å². The molecule has 2 aromatic carbocycles. The first-order chi connectivity index (χ1) is 10.6. The molecule has 0 spiro atoms. The van der Waals surface area contributed by atoms with E-state index in [4.69, 9.17) is 4.74 Å². The van der Waals surface area contributed by atoms with Gasteiger partial charge >= 0.3 is 5.97 Å². The Balaban J connectivity index is 1.86. The van der Waals surface area contributed by atoms with Crippen LogP contribution in [0.3, 0.4) is 0 Å². The molecule has 0 bridgehead atoms. The first-order valence-electron chi connectivity index (χ1n) is 6.91. The predicted molar refractivity (Wildman–Crippen MR) is 82.0 cm³/mol. The average molecular weight is 295 g/mol. The van der Waals surface area contributed by atoms with Crippen molar-refractivity contribution < 1.29 is 13.9 Å². The van der Waals surface area contributed by atoms with Crippen molar-refractivity contribution in [3.63, 3.8) is 0 Å². The maximum absolute atomic E-state index is 13.1. The van der Waals surface area contributed by atoms with Crippen LogP contribution in [0.4, 0.5) is 4.39 Å². The lowest BCUT2D eigenvalue weighted by molar-refractivity contribution is 0.0474. The number of ether oxygens (including phenoxy) is 1. The van der Waals surface area contributed by atoms with E-state index in [0.29, 0.717) is 11.1 Å². The van der Waals surface area contributed by atoms with Gasteiger partial charge in [-0.15, -0.1) is 0 Å². The number of hydrogen-bond acceptors (Lipinski definition) is 3. The highest BCUT2D eigenvalue weighted by Crippen LogP contribution is 2.19. The van der Waals surface area contributed by atoms with E-state index in [2.05, 4.69) is 4.98 Å². The van der Waals surface area contributed by atoms with Gasteiger partial charge in [-0.2, -0.15) is 0 Å². The van der Waals surface area contributed by atoms with Gasteiger partial charge in [0.2, 0.25) is 0 Å². The zero-order valence-corrected chi connectivity index (χ0v) is 12.0. The van der Waals surface area contributed by atoms with Crippen molar-refractivity contribution in [1.29, 1.82) is 0 Å². The van der Waals surface area contributed by atoms with Crippen molar-refractivity contribution >= 4 is 16.9 Å². The number of hydrogen-bond donors (Lipinski definition) is 0. The molecule has 0 amide bonds. The van der Waals surface area contributed by atoms with E-state index >= 15 is 0 Å². The fourth-order valence-electron chi connectivity index (χ4n) is 2.33. The zero-order valence-electron chi connectivity index (χ0n) is 12.0. The second kappa shape index (κ2) is 5.93. The largest absolute Gasteiger partial charge is 0.457 e. The number of rotatable bonds is 3. The summed E-state index contributed by atoms with van der Waals surface area (Å²) in [5.41, 5.74) is 2.58. The average Bonchev–Trinajstić information content (AvgIpc) is 2.52. The number of benzene rings is 2. The maximum Gasteiger partial charge on any atom is 0.339 e. The lowest BCUT2D eigenvalue weighted by atomic mass is 10.1. The second-order valence-corrected chi connectivity index (χ2v) is 5.03. The van der Waals surface area contributed by atoms with Crippen LogP contribution >= 0.6 is 0 Å². The molecule has 3 aromatic rings. The molecule has 0 saturated heterocycles. The fourth-order valence-corrected chi connectivity index (χ4v) is 2.33. The molecule has 0 radical (unpaired) electrons. The standard InChI is InChI=1S/C18H14FNO2/c1-12-9-16(15-7-2-3-8-17(15)20-12)18(21)22-11-13-5-4-6-14(19)10-13/h2-10H,11H2,1H3. The summed E-state index contributed by atoms with van der Waals surface area (Å²) in [5, 5.41) is 0.748. The Bertz CT molecular complexity index is 845. The van der Waals surface area contributed by atoms with Crippen molar-refractivity contribution in [1.82, 2.24) is 4.98 Å². The summed E-state index contributed by atoms with van der Waals surface area (Å²) in [5.74, 6) is -0.787. The van der Waals surface area contributed by atoms with E-state index < -0.39 is 5.97 Å². The minimum absolute atomic E-state index is 0.0340. The third-order valence-electron chi connectivity index (χ3n) is 3.32. The second-order valence-electron chi connectivity index (χ2n) is 5.03. The number of aromatic nitrogens is 1. The topological polar surface area (TPSA) is 39.2 Å². The molecule has 0 atom stereocenters. The Morgan fingerprint density at radius 1 is 1.14 bits per heavy atom. The van der Waals surface area contributed by atoms with Crippen LogP contribution in [-0.2, 0) is 11.3 Å². The van der Waals surface area contributed by atoms with Crippen molar-refractivity contribution in [2.75, 3.05) is 0 Å². The summed E-state index contributed by atoms with van der Waals surface area (Å²) < 4.78 is 18.4. The number of halogens is 1. The van der Waals surface area contributed by atoms with Crippen LogP contribution in [0.25, 0.3) is 10.9 Å². The third-order valence-corrected chi connectivity index (χ3v) is 3.32. The van der Waals surface area contributed by atoms with Gasteiger partial charge in [0.15, 0.2) is 0 Å². The van der Waals surface area contributed by atoms with E-state index in [1.54, 1.807) is 18.2 Å². The van der Waals surface area contributed by atoms with Gasteiger partial charge in [0.1, 0.15) is 12.4 Å². The number of nitrogens with zero attached hydrogens (tertiary/aromatic N) is 1. The van der Waals surface area contributed by atoms with Gasteiger partial charge in [-0.3, -0.25) is 4.98 Å². The number of pyridine rings is 1. The number of esters is 1. The van der Waals surface area contributed by atoms with Crippen molar-refractivity contribution in [3.8, 4) is 0 Å². The lowest BCUT2D eigenvalue weighted by Crippen LogP contribution is -2.07. The van der Waals surface area contributed by atoms with Gasteiger partial charge in [0.25, 0.3) is 0 Å². The molecule has 4 heteroatoms. The van der Waals surface area contributed by atoms with E-state index in [1.807, 2.05) is 31.2 Å². The molecule has 22 heavy (non-hydrogen) atoms. The minimum atomic E-state index is -0.439. The molecule has 0 aliphatic carbocycles. The summed E-state index contributed by atoms with van der Waals surface area (Å²) in [6.07, 6.45) is 0. The van der Waals surface area contributed by atoms with Gasteiger partial charge in [-0.05, 0) is 36.8 Å². The summed E-state index contributed by atoms with van der Waals surface area (Å²) in [6, 6.07) is 15.1. The highest BCUT2D eigenvalue weighted by Gasteiger charge is 2.13. The molecule has 110 valence electrons. The van der Waals surface area contributed by atoms with Crippen LogP contribution < -0.4 is 0 Å². The molecule has 0 aliphatic heterocycles. The molecular weight excluding hydrogens is 281 g/mol. The summed E-state index contributed by atoms with van der Waals surface area (Å²) in [4.78, 5) is 16.7. The molecule has 3 rings (SSSR count). The first-order valence-corrected chi connectivity index (χ1v) is 6.91. The maximum atomic E-state index is 13.1. The third kappa shape index (κ3) is 2.96. The Morgan fingerprint density at radius 3 is 2.77 bits per heavy atom. The van der Waals surface area contributed by atoms with Crippen LogP contribution in [-0.4, -0.2) is 11.0 Å². The quantitative estimate of drug-likeness (QED) is 0.685. The van der Waals surface area contributed by atoms with E-state index in [9.17, 15) is 9.18 Å². The zero-order chi connectivity index (χ0) is 15.5. The number of carbonyl (C=O) groups is 1. The van der Waals surface area contributed by atoms with E-state index in [-0.39, 0.29) is 12.4 Å². The van der Waals surface area contributed by atoms with Crippen LogP contribution in [0.5, 0.6) is 0 Å². The number of carbonyl (C=O) groups excluding carboxylic acids is 1. The number of fused-ring (bicyclic) bond motifs is 1. The fraction of sp³-hybridized carbons (Fsp3) is 0.111. The first kappa shape index (κ1) is 14.2. The summed E-state index contributed by atoms with van der Waals surface area (Å²) in [7, 11) is 0. The van der Waals surface area contributed by atoms with E-state index in [0.717, 1.165) is 16.6 Å². The molecule has 0 N–H and O–H groups in total. The van der Waals surface area contributed by atoms with Gasteiger partial charge in [0, 0.05) is 11.1 Å². The minimum Gasteiger partial charge on any atom is -0.457 e. The molecule has 0 aliphatic rings. The predicted octanol–water partition coefficient (Wildman–Crippen LogP) is 4.04. The highest BCUT2D eigenvalue weighted by molar-refractivity contribution is 6.03. The smallest absolute Gasteiger partial charge is 0.339 e. The normalized spacial score (nSPS) is 10.6. The summed E-state index contributed by atoms with van der Waals surface area (Å²) >= 11 is 0. The molecule has 0 unspecified atom stereocenters. The van der Waals surface area contributed by atoms with Crippen LogP contribution in [0, 0.1) is 12.7 Å². The van der Waals surface area contributed by atoms with Crippen molar-refractivity contribution in [2.45, 2.75) is 13.5 Å². The van der Waals surface area contributed by atoms with Crippen LogP contribution in [0.2, 0.25) is 0 Å². The summed E-state index contributed by atoms with van der Waals surface area (Å²) in [6.45, 7) is 1.86. The highest BCUT2D eigenvalue weighted by atomic mass is 19.1. The number of aryl methyl sites for hydroxylation is 1.